The summed E-state index contributed by atoms with van der Waals surface area (Å²) in [6.07, 6.45) is 0.215. The van der Waals surface area contributed by atoms with E-state index in [1.54, 1.807) is 28.9 Å². The lowest BCUT2D eigenvalue weighted by molar-refractivity contribution is -0.135. The van der Waals surface area contributed by atoms with Crippen molar-refractivity contribution in [1.82, 2.24) is 9.80 Å². The molecule has 1 N–H and O–H groups in total. The van der Waals surface area contributed by atoms with Crippen molar-refractivity contribution in [2.75, 3.05) is 38.1 Å². The van der Waals surface area contributed by atoms with Crippen molar-refractivity contribution in [2.24, 2.45) is 11.8 Å². The highest BCUT2D eigenvalue weighted by Gasteiger charge is 2.49. The zero-order chi connectivity index (χ0) is 19.6. The van der Waals surface area contributed by atoms with Crippen LogP contribution in [0.3, 0.4) is 0 Å². The number of carbonyl (C=O) groups is 3. The molecule has 1 saturated heterocycles. The number of anilines is 1. The summed E-state index contributed by atoms with van der Waals surface area (Å²) in [5, 5.41) is 3.43. The highest BCUT2D eigenvalue weighted by atomic mass is 35.5. The average molecular weight is 394 g/mol. The number of ether oxygens (including phenoxy) is 1. The molecule has 2 aliphatic rings. The molecule has 7 nitrogen and oxygen atoms in total. The highest BCUT2D eigenvalue weighted by Crippen LogP contribution is 2.41. The van der Waals surface area contributed by atoms with Crippen LogP contribution in [0, 0.1) is 18.8 Å². The fourth-order valence-corrected chi connectivity index (χ4v) is 3.40. The second-order valence-electron chi connectivity index (χ2n) is 6.91. The first kappa shape index (κ1) is 19.5. The number of halogens is 1. The third kappa shape index (κ3) is 4.53. The summed E-state index contributed by atoms with van der Waals surface area (Å²) >= 11 is 6.08. The fraction of sp³-hybridized carbons (Fsp3) is 0.526. The van der Waals surface area contributed by atoms with E-state index in [1.165, 1.54) is 0 Å². The molecule has 1 aromatic rings. The van der Waals surface area contributed by atoms with Gasteiger partial charge in [0.2, 0.25) is 11.8 Å². The first-order valence-corrected chi connectivity index (χ1v) is 9.56. The van der Waals surface area contributed by atoms with E-state index in [2.05, 4.69) is 5.32 Å². The number of benzene rings is 1. The normalized spacial score (nSPS) is 21.6. The number of nitrogens with zero attached hydrogens (tertiary/aromatic N) is 2. The largest absolute Gasteiger partial charge is 0.450 e. The minimum absolute atomic E-state index is 0.0133. The van der Waals surface area contributed by atoms with E-state index < -0.39 is 0 Å². The van der Waals surface area contributed by atoms with Crippen molar-refractivity contribution in [3.05, 3.63) is 28.8 Å². The molecule has 1 aliphatic heterocycles. The van der Waals surface area contributed by atoms with E-state index in [-0.39, 0.29) is 29.7 Å². The molecule has 0 spiro atoms. The van der Waals surface area contributed by atoms with Crippen LogP contribution in [-0.2, 0) is 14.3 Å². The van der Waals surface area contributed by atoms with Crippen LogP contribution in [0.5, 0.6) is 0 Å². The van der Waals surface area contributed by atoms with Gasteiger partial charge in [-0.1, -0.05) is 17.7 Å². The Morgan fingerprint density at radius 2 is 1.81 bits per heavy atom. The minimum atomic E-state index is -0.343. The Morgan fingerprint density at radius 3 is 2.44 bits per heavy atom. The van der Waals surface area contributed by atoms with Crippen LogP contribution < -0.4 is 5.32 Å². The second-order valence-corrected chi connectivity index (χ2v) is 7.32. The SMILES string of the molecule is CCOC(=O)N1CCN(C(=O)C2CC2C(=O)Nc2ccc(C)c(Cl)c2)CC1. The van der Waals surface area contributed by atoms with E-state index in [0.717, 1.165) is 5.56 Å². The average Bonchev–Trinajstić information content (AvgIpc) is 3.45. The standard InChI is InChI=1S/C19H24ClN3O4/c1-3-27-19(26)23-8-6-22(7-9-23)18(25)15-11-14(15)17(24)21-13-5-4-12(2)16(20)10-13/h4-5,10,14-15H,3,6-9,11H2,1-2H3,(H,21,24). The first-order valence-electron chi connectivity index (χ1n) is 9.18. The maximum Gasteiger partial charge on any atom is 0.409 e. The van der Waals surface area contributed by atoms with Gasteiger partial charge in [0, 0.05) is 36.9 Å². The fourth-order valence-electron chi connectivity index (χ4n) is 3.22. The number of carbonyl (C=O) groups excluding carboxylic acids is 3. The molecule has 3 amide bonds. The lowest BCUT2D eigenvalue weighted by Crippen LogP contribution is -2.51. The lowest BCUT2D eigenvalue weighted by Gasteiger charge is -2.34. The van der Waals surface area contributed by atoms with E-state index in [0.29, 0.717) is 49.9 Å². The summed E-state index contributed by atoms with van der Waals surface area (Å²) in [4.78, 5) is 40.1. The van der Waals surface area contributed by atoms with Crippen molar-refractivity contribution in [2.45, 2.75) is 20.3 Å². The first-order chi connectivity index (χ1) is 12.9. The molecule has 2 fully saturated rings. The van der Waals surface area contributed by atoms with Crippen molar-refractivity contribution in [3.63, 3.8) is 0 Å². The second kappa shape index (κ2) is 8.17. The van der Waals surface area contributed by atoms with Crippen LogP contribution in [0.2, 0.25) is 5.02 Å². The van der Waals surface area contributed by atoms with Gasteiger partial charge in [0.05, 0.1) is 18.4 Å². The molecule has 0 bridgehead atoms. The summed E-state index contributed by atoms with van der Waals surface area (Å²) < 4.78 is 4.98. The van der Waals surface area contributed by atoms with Gasteiger partial charge in [-0.15, -0.1) is 0 Å². The number of piperazine rings is 1. The molecular formula is C19H24ClN3O4. The number of hydrogen-bond donors (Lipinski definition) is 1. The van der Waals surface area contributed by atoms with Gasteiger partial charge in [0.15, 0.2) is 0 Å². The molecule has 1 aliphatic carbocycles. The molecule has 8 heteroatoms. The van der Waals surface area contributed by atoms with Gasteiger partial charge in [0.1, 0.15) is 0 Å². The smallest absolute Gasteiger partial charge is 0.409 e. The van der Waals surface area contributed by atoms with E-state index in [4.69, 9.17) is 16.3 Å². The van der Waals surface area contributed by atoms with Gasteiger partial charge in [-0.25, -0.2) is 4.79 Å². The van der Waals surface area contributed by atoms with E-state index in [1.807, 2.05) is 13.0 Å². The quantitative estimate of drug-likeness (QED) is 0.852. The van der Waals surface area contributed by atoms with Crippen LogP contribution in [0.25, 0.3) is 0 Å². The Balaban J connectivity index is 1.48. The zero-order valence-electron chi connectivity index (χ0n) is 15.5. The van der Waals surface area contributed by atoms with Crippen LogP contribution in [0.1, 0.15) is 18.9 Å². The molecule has 1 aromatic carbocycles. The number of rotatable bonds is 4. The van der Waals surface area contributed by atoms with Gasteiger partial charge >= 0.3 is 6.09 Å². The van der Waals surface area contributed by atoms with Crippen LogP contribution in [0.4, 0.5) is 10.5 Å². The monoisotopic (exact) mass is 393 g/mol. The van der Waals surface area contributed by atoms with Crippen LogP contribution >= 0.6 is 11.6 Å². The number of amides is 3. The van der Waals surface area contributed by atoms with Gasteiger partial charge < -0.3 is 19.9 Å². The molecular weight excluding hydrogens is 370 g/mol. The third-order valence-corrected chi connectivity index (χ3v) is 5.41. The number of aryl methyl sites for hydroxylation is 1. The van der Waals surface area contributed by atoms with Crippen molar-refractivity contribution >= 4 is 35.2 Å². The Kier molecular flexibility index (Phi) is 5.89. The summed E-state index contributed by atoms with van der Waals surface area (Å²) in [6, 6.07) is 5.35. The predicted octanol–water partition coefficient (Wildman–Crippen LogP) is 2.52. The number of nitrogens with one attached hydrogen (secondary N) is 1. The zero-order valence-corrected chi connectivity index (χ0v) is 16.3. The minimum Gasteiger partial charge on any atom is -0.450 e. The van der Waals surface area contributed by atoms with Crippen molar-refractivity contribution in [1.29, 1.82) is 0 Å². The Bertz CT molecular complexity index is 746. The molecule has 3 rings (SSSR count). The molecule has 1 saturated carbocycles. The maximum atomic E-state index is 12.6. The lowest BCUT2D eigenvalue weighted by atomic mass is 10.2. The van der Waals surface area contributed by atoms with Gasteiger partial charge in [-0.05, 0) is 38.0 Å². The molecule has 0 radical (unpaired) electrons. The van der Waals surface area contributed by atoms with Gasteiger partial charge in [-0.3, -0.25) is 9.59 Å². The number of hydrogen-bond acceptors (Lipinski definition) is 4. The van der Waals surface area contributed by atoms with E-state index >= 15 is 0 Å². The highest BCUT2D eigenvalue weighted by molar-refractivity contribution is 6.31. The molecule has 146 valence electrons. The molecule has 2 atom stereocenters. The Morgan fingerprint density at radius 1 is 1.15 bits per heavy atom. The Labute approximate surface area is 163 Å². The summed E-state index contributed by atoms with van der Waals surface area (Å²) in [5.41, 5.74) is 1.58. The maximum absolute atomic E-state index is 12.6. The third-order valence-electron chi connectivity index (χ3n) is 5.00. The van der Waals surface area contributed by atoms with Crippen LogP contribution in [0.15, 0.2) is 18.2 Å². The summed E-state index contributed by atoms with van der Waals surface area (Å²) in [7, 11) is 0. The Hall–Kier alpha value is -2.28. The topological polar surface area (TPSA) is 79.0 Å². The molecule has 0 aromatic heterocycles. The molecule has 2 unspecified atom stereocenters. The predicted molar refractivity (Wildman–Crippen MR) is 102 cm³/mol. The van der Waals surface area contributed by atoms with E-state index in [9.17, 15) is 14.4 Å². The summed E-state index contributed by atoms with van der Waals surface area (Å²) in [6.45, 7) is 5.84. The molecule has 27 heavy (non-hydrogen) atoms. The van der Waals surface area contributed by atoms with Gasteiger partial charge in [-0.2, -0.15) is 0 Å². The van der Waals surface area contributed by atoms with Gasteiger partial charge in [0.25, 0.3) is 0 Å². The van der Waals surface area contributed by atoms with Crippen LogP contribution in [-0.4, -0.2) is 60.5 Å². The van der Waals surface area contributed by atoms with Crippen molar-refractivity contribution in [3.8, 4) is 0 Å². The summed E-state index contributed by atoms with van der Waals surface area (Å²) in [5.74, 6) is -0.750. The molecule has 1 heterocycles. The van der Waals surface area contributed by atoms with Crippen molar-refractivity contribution < 1.29 is 19.1 Å².